The summed E-state index contributed by atoms with van der Waals surface area (Å²) < 4.78 is 0. The maximum Gasteiger partial charge on any atom is 0.234 e. The third-order valence-corrected chi connectivity index (χ3v) is 5.80. The van der Waals surface area contributed by atoms with Gasteiger partial charge in [0.1, 0.15) is 0 Å². The average Bonchev–Trinajstić information content (AvgIpc) is 3.08. The molecule has 1 amide bonds. The van der Waals surface area contributed by atoms with Gasteiger partial charge in [-0.15, -0.1) is 0 Å². The van der Waals surface area contributed by atoms with Crippen molar-refractivity contribution in [3.05, 3.63) is 0 Å². The topological polar surface area (TPSA) is 60.0 Å². The average molecular weight is 366 g/mol. The number of nitrogens with one attached hydrogen (secondary N) is 2. The highest BCUT2D eigenvalue weighted by molar-refractivity contribution is 5.80. The van der Waals surface area contributed by atoms with Crippen LogP contribution in [0.15, 0.2) is 4.99 Å². The van der Waals surface area contributed by atoms with E-state index >= 15 is 0 Å². The first kappa shape index (κ1) is 21.0. The van der Waals surface area contributed by atoms with Crippen LogP contribution >= 0.6 is 0 Å². The van der Waals surface area contributed by atoms with Crippen molar-refractivity contribution in [1.29, 1.82) is 0 Å². The molecule has 1 saturated heterocycles. The molecule has 2 fully saturated rings. The molecule has 6 nitrogen and oxygen atoms in total. The number of hydrogen-bond donors (Lipinski definition) is 2. The fourth-order valence-electron chi connectivity index (χ4n) is 4.11. The first-order chi connectivity index (χ1) is 12.5. The van der Waals surface area contributed by atoms with E-state index in [0.29, 0.717) is 12.0 Å². The molecule has 2 aliphatic rings. The monoisotopic (exact) mass is 365 g/mol. The van der Waals surface area contributed by atoms with E-state index in [2.05, 4.69) is 34.3 Å². The molecule has 1 saturated carbocycles. The summed E-state index contributed by atoms with van der Waals surface area (Å²) in [5.41, 5.74) is 0.428. The molecule has 0 unspecified atom stereocenters. The molecule has 2 rings (SSSR count). The van der Waals surface area contributed by atoms with E-state index in [9.17, 15) is 4.79 Å². The summed E-state index contributed by atoms with van der Waals surface area (Å²) in [7, 11) is 0. The molecular weight excluding hydrogens is 326 g/mol. The fraction of sp³-hybridized carbons (Fsp3) is 0.900. The van der Waals surface area contributed by atoms with E-state index in [1.54, 1.807) is 0 Å². The molecule has 0 bridgehead atoms. The normalized spacial score (nSPS) is 21.3. The highest BCUT2D eigenvalue weighted by atomic mass is 16.2. The fourth-order valence-corrected chi connectivity index (χ4v) is 4.11. The van der Waals surface area contributed by atoms with Crippen LogP contribution in [-0.2, 0) is 4.79 Å². The van der Waals surface area contributed by atoms with E-state index in [-0.39, 0.29) is 11.9 Å². The number of amides is 1. The van der Waals surface area contributed by atoms with E-state index in [1.165, 1.54) is 32.1 Å². The van der Waals surface area contributed by atoms with Crippen LogP contribution in [0.4, 0.5) is 0 Å². The SMILES string of the molecule is CCNC(=NCC1(CC)CCCC1)N1CCN(CC(=O)NC(C)C)CC1. The molecule has 2 N–H and O–H groups in total. The molecular formula is C20H39N5O. The lowest BCUT2D eigenvalue weighted by atomic mass is 9.83. The highest BCUT2D eigenvalue weighted by Gasteiger charge is 2.32. The summed E-state index contributed by atoms with van der Waals surface area (Å²) >= 11 is 0. The number of carbonyl (C=O) groups is 1. The van der Waals surface area contributed by atoms with Gasteiger partial charge in [0.2, 0.25) is 5.91 Å². The predicted octanol–water partition coefficient (Wildman–Crippen LogP) is 2.06. The van der Waals surface area contributed by atoms with Crippen molar-refractivity contribution in [3.8, 4) is 0 Å². The molecule has 1 aliphatic carbocycles. The Morgan fingerprint density at radius 1 is 1.12 bits per heavy atom. The van der Waals surface area contributed by atoms with Crippen LogP contribution in [0.3, 0.4) is 0 Å². The zero-order chi connectivity index (χ0) is 19.0. The van der Waals surface area contributed by atoms with Crippen molar-refractivity contribution in [1.82, 2.24) is 20.4 Å². The summed E-state index contributed by atoms with van der Waals surface area (Å²) in [6.07, 6.45) is 6.60. The summed E-state index contributed by atoms with van der Waals surface area (Å²) in [4.78, 5) is 21.6. The zero-order valence-electron chi connectivity index (χ0n) is 17.3. The van der Waals surface area contributed by atoms with Crippen molar-refractivity contribution < 1.29 is 4.79 Å². The Kier molecular flexibility index (Phi) is 8.19. The molecule has 6 heteroatoms. The molecule has 0 aromatic heterocycles. The van der Waals surface area contributed by atoms with Crippen molar-refractivity contribution >= 4 is 11.9 Å². The molecule has 0 atom stereocenters. The number of rotatable bonds is 7. The predicted molar refractivity (Wildman–Crippen MR) is 108 cm³/mol. The minimum Gasteiger partial charge on any atom is -0.357 e. The molecule has 150 valence electrons. The van der Waals surface area contributed by atoms with Gasteiger partial charge in [-0.25, -0.2) is 0 Å². The Hall–Kier alpha value is -1.30. The maximum atomic E-state index is 12.0. The van der Waals surface area contributed by atoms with Crippen LogP contribution in [0, 0.1) is 5.41 Å². The van der Waals surface area contributed by atoms with Crippen LogP contribution < -0.4 is 10.6 Å². The lowest BCUT2D eigenvalue weighted by Crippen LogP contribution is -2.54. The number of guanidine groups is 1. The van der Waals surface area contributed by atoms with Crippen LogP contribution in [0.2, 0.25) is 0 Å². The highest BCUT2D eigenvalue weighted by Crippen LogP contribution is 2.41. The van der Waals surface area contributed by atoms with Gasteiger partial charge < -0.3 is 15.5 Å². The quantitative estimate of drug-likeness (QED) is 0.536. The van der Waals surface area contributed by atoms with Crippen molar-refractivity contribution in [2.75, 3.05) is 45.8 Å². The minimum absolute atomic E-state index is 0.125. The third-order valence-electron chi connectivity index (χ3n) is 5.80. The summed E-state index contributed by atoms with van der Waals surface area (Å²) in [6.45, 7) is 14.5. The summed E-state index contributed by atoms with van der Waals surface area (Å²) in [5.74, 6) is 1.18. The van der Waals surface area contributed by atoms with E-state index in [4.69, 9.17) is 4.99 Å². The second-order valence-corrected chi connectivity index (χ2v) is 8.22. The van der Waals surface area contributed by atoms with Crippen LogP contribution in [0.5, 0.6) is 0 Å². The second-order valence-electron chi connectivity index (χ2n) is 8.22. The number of piperazine rings is 1. The van der Waals surface area contributed by atoms with E-state index in [0.717, 1.165) is 45.2 Å². The van der Waals surface area contributed by atoms with Gasteiger partial charge >= 0.3 is 0 Å². The Balaban J connectivity index is 1.87. The van der Waals surface area contributed by atoms with Crippen molar-refractivity contribution in [2.45, 2.75) is 65.8 Å². The first-order valence-electron chi connectivity index (χ1n) is 10.5. The Morgan fingerprint density at radius 3 is 2.31 bits per heavy atom. The molecule has 0 spiro atoms. The number of nitrogens with zero attached hydrogens (tertiary/aromatic N) is 3. The van der Waals surface area contributed by atoms with Crippen LogP contribution in [0.25, 0.3) is 0 Å². The van der Waals surface area contributed by atoms with Gasteiger partial charge in [-0.3, -0.25) is 14.7 Å². The summed E-state index contributed by atoms with van der Waals surface area (Å²) in [5, 5.41) is 6.45. The van der Waals surface area contributed by atoms with Gasteiger partial charge in [0.15, 0.2) is 5.96 Å². The van der Waals surface area contributed by atoms with Crippen LogP contribution in [0.1, 0.15) is 59.8 Å². The van der Waals surface area contributed by atoms with Crippen LogP contribution in [-0.4, -0.2) is 73.5 Å². The van der Waals surface area contributed by atoms with Gasteiger partial charge in [-0.1, -0.05) is 19.8 Å². The van der Waals surface area contributed by atoms with Gasteiger partial charge in [-0.2, -0.15) is 0 Å². The standard InChI is InChI=1S/C20H39N5O/c1-5-20(9-7-8-10-20)16-22-19(21-6-2)25-13-11-24(12-14-25)15-18(26)23-17(3)4/h17H,5-16H2,1-4H3,(H,21,22)(H,23,26). The molecule has 1 heterocycles. The molecule has 0 aromatic carbocycles. The first-order valence-corrected chi connectivity index (χ1v) is 10.5. The van der Waals surface area contributed by atoms with Gasteiger partial charge in [-0.05, 0) is 45.4 Å². The Morgan fingerprint density at radius 2 is 1.77 bits per heavy atom. The zero-order valence-corrected chi connectivity index (χ0v) is 17.3. The summed E-state index contributed by atoms with van der Waals surface area (Å²) in [6, 6.07) is 0.206. The largest absolute Gasteiger partial charge is 0.357 e. The lowest BCUT2D eigenvalue weighted by molar-refractivity contribution is -0.123. The molecule has 1 aliphatic heterocycles. The number of hydrogen-bond acceptors (Lipinski definition) is 3. The van der Waals surface area contributed by atoms with Crippen molar-refractivity contribution in [3.63, 3.8) is 0 Å². The van der Waals surface area contributed by atoms with E-state index < -0.39 is 0 Å². The molecule has 0 aromatic rings. The Bertz CT molecular complexity index is 463. The third kappa shape index (κ3) is 6.15. The van der Waals surface area contributed by atoms with Gasteiger partial charge in [0, 0.05) is 45.3 Å². The van der Waals surface area contributed by atoms with Crippen molar-refractivity contribution in [2.24, 2.45) is 10.4 Å². The maximum absolute atomic E-state index is 12.0. The molecule has 0 radical (unpaired) electrons. The Labute approximate surface area is 159 Å². The molecule has 26 heavy (non-hydrogen) atoms. The van der Waals surface area contributed by atoms with Gasteiger partial charge in [0.25, 0.3) is 0 Å². The second kappa shape index (κ2) is 10.1. The minimum atomic E-state index is 0.125. The van der Waals surface area contributed by atoms with E-state index in [1.807, 2.05) is 13.8 Å². The number of aliphatic imine (C=N–C) groups is 1. The smallest absolute Gasteiger partial charge is 0.234 e. The lowest BCUT2D eigenvalue weighted by Gasteiger charge is -2.37. The van der Waals surface area contributed by atoms with Gasteiger partial charge in [0.05, 0.1) is 6.54 Å². The number of carbonyl (C=O) groups excluding carboxylic acids is 1.